The molecule has 0 bridgehead atoms. The van der Waals surface area contributed by atoms with Crippen LogP contribution >= 0.6 is 22.9 Å². The van der Waals surface area contributed by atoms with Crippen molar-refractivity contribution in [1.29, 1.82) is 0 Å². The van der Waals surface area contributed by atoms with Crippen LogP contribution in [-0.2, 0) is 6.42 Å². The Morgan fingerprint density at radius 2 is 2.50 bits per heavy atom. The van der Waals surface area contributed by atoms with Crippen molar-refractivity contribution in [2.45, 2.75) is 6.42 Å². The van der Waals surface area contributed by atoms with Gasteiger partial charge in [-0.25, -0.2) is 4.98 Å². The van der Waals surface area contributed by atoms with Crippen molar-refractivity contribution in [3.05, 3.63) is 27.8 Å². The lowest BCUT2D eigenvalue weighted by Crippen LogP contribution is -2.04. The predicted molar refractivity (Wildman–Crippen MR) is 57.9 cm³/mol. The summed E-state index contributed by atoms with van der Waals surface area (Å²) in [5.41, 5.74) is 1.18. The third-order valence-electron chi connectivity index (χ3n) is 1.75. The van der Waals surface area contributed by atoms with Crippen molar-refractivity contribution in [1.82, 2.24) is 15.2 Å². The summed E-state index contributed by atoms with van der Waals surface area (Å²) in [6.45, 7) is 0.833. The Hall–Kier alpha value is -1.07. The fourth-order valence-corrected chi connectivity index (χ4v) is 1.80. The Bertz CT molecular complexity index is 384. The molecule has 0 spiro atoms. The van der Waals surface area contributed by atoms with E-state index in [9.17, 15) is 0 Å². The Balaban J connectivity index is 1.78. The van der Waals surface area contributed by atoms with E-state index in [2.05, 4.69) is 20.5 Å². The number of anilines is 1. The normalized spacial score (nSPS) is 10.4. The largest absolute Gasteiger partial charge is 0.369 e. The van der Waals surface area contributed by atoms with Gasteiger partial charge in [-0.05, 0) is 12.0 Å². The molecule has 0 amide bonds. The molecule has 2 heterocycles. The Labute approximate surface area is 90.3 Å². The second kappa shape index (κ2) is 4.43. The average Bonchev–Trinajstić information content (AvgIpc) is 2.77. The van der Waals surface area contributed by atoms with Crippen molar-refractivity contribution >= 4 is 28.8 Å². The van der Waals surface area contributed by atoms with Gasteiger partial charge in [-0.3, -0.25) is 5.10 Å². The Morgan fingerprint density at radius 1 is 1.57 bits per heavy atom. The highest BCUT2D eigenvalue weighted by Crippen LogP contribution is 2.18. The van der Waals surface area contributed by atoms with Gasteiger partial charge in [0.05, 0.1) is 6.20 Å². The minimum atomic E-state index is 0.566. The minimum Gasteiger partial charge on any atom is -0.369 e. The first kappa shape index (κ1) is 9.48. The first-order chi connectivity index (χ1) is 6.84. The minimum absolute atomic E-state index is 0.566. The summed E-state index contributed by atoms with van der Waals surface area (Å²) in [5, 5.41) is 11.7. The molecule has 0 aliphatic heterocycles. The van der Waals surface area contributed by atoms with Crippen LogP contribution in [0.5, 0.6) is 0 Å². The maximum Gasteiger partial charge on any atom is 0.185 e. The molecule has 2 aromatic heterocycles. The number of nitrogens with one attached hydrogen (secondary N) is 2. The van der Waals surface area contributed by atoms with Crippen molar-refractivity contribution in [2.75, 3.05) is 11.9 Å². The van der Waals surface area contributed by atoms with Crippen LogP contribution in [0.3, 0.4) is 0 Å². The summed E-state index contributed by atoms with van der Waals surface area (Å²) < 4.78 is 0.566. The molecule has 0 unspecified atom stereocenters. The smallest absolute Gasteiger partial charge is 0.185 e. The molecule has 2 N–H and O–H groups in total. The molecule has 14 heavy (non-hydrogen) atoms. The molecule has 4 nitrogen and oxygen atoms in total. The zero-order valence-corrected chi connectivity index (χ0v) is 8.90. The molecule has 0 atom stereocenters. The van der Waals surface area contributed by atoms with Gasteiger partial charge in [-0.1, -0.05) is 11.6 Å². The molecule has 0 fully saturated rings. The quantitative estimate of drug-likeness (QED) is 0.844. The van der Waals surface area contributed by atoms with E-state index in [-0.39, 0.29) is 0 Å². The van der Waals surface area contributed by atoms with E-state index in [1.54, 1.807) is 0 Å². The van der Waals surface area contributed by atoms with E-state index < -0.39 is 0 Å². The van der Waals surface area contributed by atoms with Crippen LogP contribution in [0.25, 0.3) is 0 Å². The van der Waals surface area contributed by atoms with Gasteiger partial charge in [0.2, 0.25) is 0 Å². The lowest BCUT2D eigenvalue weighted by atomic mass is 10.2. The summed E-state index contributed by atoms with van der Waals surface area (Å²) in [6.07, 6.45) is 4.62. The number of rotatable bonds is 4. The fraction of sp³-hybridized carbons (Fsp3) is 0.250. The SMILES string of the molecule is Clc1nc(NCCc2cn[nH]c2)cs1. The molecule has 2 rings (SSSR count). The molecule has 6 heteroatoms. The van der Waals surface area contributed by atoms with E-state index >= 15 is 0 Å². The predicted octanol–water partition coefficient (Wildman–Crippen LogP) is 2.17. The number of H-pyrrole nitrogens is 1. The zero-order chi connectivity index (χ0) is 9.80. The Kier molecular flexibility index (Phi) is 3.00. The zero-order valence-electron chi connectivity index (χ0n) is 7.33. The van der Waals surface area contributed by atoms with E-state index in [4.69, 9.17) is 11.6 Å². The average molecular weight is 229 g/mol. The van der Waals surface area contributed by atoms with Crippen LogP contribution in [0.4, 0.5) is 5.82 Å². The van der Waals surface area contributed by atoms with Crippen molar-refractivity contribution in [3.63, 3.8) is 0 Å². The Morgan fingerprint density at radius 3 is 3.14 bits per heavy atom. The fourth-order valence-electron chi connectivity index (χ4n) is 1.08. The standard InChI is InChI=1S/C8H9ClN4S/c9-8-13-7(5-14-8)10-2-1-6-3-11-12-4-6/h3-5,10H,1-2H2,(H,11,12). The molecule has 2 aromatic rings. The van der Waals surface area contributed by atoms with Crippen molar-refractivity contribution in [3.8, 4) is 0 Å². The van der Waals surface area contributed by atoms with Gasteiger partial charge in [0.1, 0.15) is 5.82 Å². The van der Waals surface area contributed by atoms with Crippen LogP contribution in [0, 0.1) is 0 Å². The van der Waals surface area contributed by atoms with Crippen LogP contribution in [-0.4, -0.2) is 21.7 Å². The maximum atomic E-state index is 5.69. The topological polar surface area (TPSA) is 53.6 Å². The molecule has 0 radical (unpaired) electrons. The molecule has 0 aliphatic rings. The molecule has 0 aromatic carbocycles. The lowest BCUT2D eigenvalue weighted by Gasteiger charge is -1.99. The number of aromatic amines is 1. The van der Waals surface area contributed by atoms with Crippen molar-refractivity contribution < 1.29 is 0 Å². The number of halogens is 1. The maximum absolute atomic E-state index is 5.69. The molecule has 74 valence electrons. The van der Waals surface area contributed by atoms with Crippen LogP contribution < -0.4 is 5.32 Å². The number of hydrogen-bond acceptors (Lipinski definition) is 4. The van der Waals surface area contributed by atoms with E-state index in [0.29, 0.717) is 4.47 Å². The first-order valence-electron chi connectivity index (χ1n) is 4.17. The van der Waals surface area contributed by atoms with Crippen LogP contribution in [0.2, 0.25) is 4.47 Å². The summed E-state index contributed by atoms with van der Waals surface area (Å²) in [6, 6.07) is 0. The lowest BCUT2D eigenvalue weighted by molar-refractivity contribution is 1.01. The summed E-state index contributed by atoms with van der Waals surface area (Å²) in [5.74, 6) is 0.837. The summed E-state index contributed by atoms with van der Waals surface area (Å²) in [4.78, 5) is 4.08. The molecule has 0 aliphatic carbocycles. The van der Waals surface area contributed by atoms with Gasteiger partial charge in [0.15, 0.2) is 4.47 Å². The van der Waals surface area contributed by atoms with Crippen LogP contribution in [0.15, 0.2) is 17.8 Å². The number of nitrogens with zero attached hydrogens (tertiary/aromatic N) is 2. The first-order valence-corrected chi connectivity index (χ1v) is 5.43. The highest BCUT2D eigenvalue weighted by Gasteiger charge is 1.98. The third kappa shape index (κ3) is 2.46. The number of hydrogen-bond donors (Lipinski definition) is 2. The van der Waals surface area contributed by atoms with Gasteiger partial charge in [-0.15, -0.1) is 11.3 Å². The second-order valence-corrected chi connectivity index (χ2v) is 4.21. The van der Waals surface area contributed by atoms with Gasteiger partial charge in [0, 0.05) is 18.1 Å². The highest BCUT2D eigenvalue weighted by molar-refractivity contribution is 7.14. The second-order valence-electron chi connectivity index (χ2n) is 2.77. The third-order valence-corrected chi connectivity index (χ3v) is 2.73. The van der Waals surface area contributed by atoms with E-state index in [1.807, 2.05) is 17.8 Å². The van der Waals surface area contributed by atoms with Crippen LogP contribution in [0.1, 0.15) is 5.56 Å². The highest BCUT2D eigenvalue weighted by atomic mass is 35.5. The molecular formula is C8H9ClN4S. The van der Waals surface area contributed by atoms with Gasteiger partial charge >= 0.3 is 0 Å². The molecule has 0 saturated heterocycles. The van der Waals surface area contributed by atoms with E-state index in [0.717, 1.165) is 18.8 Å². The van der Waals surface area contributed by atoms with Gasteiger partial charge < -0.3 is 5.32 Å². The molecular weight excluding hydrogens is 220 g/mol. The van der Waals surface area contributed by atoms with Crippen molar-refractivity contribution in [2.24, 2.45) is 0 Å². The van der Waals surface area contributed by atoms with Gasteiger partial charge in [-0.2, -0.15) is 5.10 Å². The monoisotopic (exact) mass is 228 g/mol. The van der Waals surface area contributed by atoms with E-state index in [1.165, 1.54) is 16.9 Å². The van der Waals surface area contributed by atoms with Gasteiger partial charge in [0.25, 0.3) is 0 Å². The molecule has 0 saturated carbocycles. The summed E-state index contributed by atoms with van der Waals surface area (Å²) >= 11 is 7.12. The summed E-state index contributed by atoms with van der Waals surface area (Å²) in [7, 11) is 0. The number of aromatic nitrogens is 3. The number of thiazole rings is 1.